The van der Waals surface area contributed by atoms with Crippen molar-refractivity contribution >= 4 is 61.8 Å². The monoisotopic (exact) mass is 364 g/mol. The van der Waals surface area contributed by atoms with Gasteiger partial charge in [-0.1, -0.05) is 23.2 Å². The minimum atomic E-state index is 0.566. The van der Waals surface area contributed by atoms with Crippen molar-refractivity contribution in [1.29, 1.82) is 0 Å². The third kappa shape index (κ3) is 3.12. The normalized spacial score (nSPS) is 10.7. The van der Waals surface area contributed by atoms with Crippen LogP contribution in [0.25, 0.3) is 0 Å². The zero-order valence-electron chi connectivity index (χ0n) is 9.58. The number of nitrogens with two attached hydrogens (primary N) is 1. The molecule has 2 N–H and O–H groups in total. The maximum Gasteiger partial charge on any atom is 0.0746 e. The van der Waals surface area contributed by atoms with Crippen molar-refractivity contribution in [2.24, 2.45) is 0 Å². The molecule has 0 saturated heterocycles. The highest BCUT2D eigenvalue weighted by atomic mass is 79.9. The predicted octanol–water partition coefficient (Wildman–Crippen LogP) is 5.04. The maximum atomic E-state index is 6.19. The molecule has 6 heteroatoms. The summed E-state index contributed by atoms with van der Waals surface area (Å²) in [5, 5.41) is 3.23. The van der Waals surface area contributed by atoms with E-state index in [4.69, 9.17) is 28.9 Å². The van der Waals surface area contributed by atoms with Crippen molar-refractivity contribution < 1.29 is 0 Å². The zero-order valence-corrected chi connectivity index (χ0v) is 13.5. The summed E-state index contributed by atoms with van der Waals surface area (Å²) < 4.78 is 1.11. The Bertz CT molecular complexity index is 548. The van der Waals surface area contributed by atoms with E-state index in [2.05, 4.69) is 27.4 Å². The first-order valence-electron chi connectivity index (χ1n) is 5.16. The van der Waals surface area contributed by atoms with Crippen molar-refractivity contribution in [2.45, 2.75) is 6.54 Å². The van der Waals surface area contributed by atoms with Crippen molar-refractivity contribution in [3.8, 4) is 0 Å². The van der Waals surface area contributed by atoms with Gasteiger partial charge in [0.2, 0.25) is 0 Å². The quantitative estimate of drug-likeness (QED) is 0.772. The highest BCUT2D eigenvalue weighted by Crippen LogP contribution is 2.36. The van der Waals surface area contributed by atoms with Gasteiger partial charge >= 0.3 is 0 Å². The number of thiophene rings is 1. The average Bonchev–Trinajstić information content (AvgIpc) is 2.62. The Kier molecular flexibility index (Phi) is 4.43. The van der Waals surface area contributed by atoms with Gasteiger partial charge in [-0.2, -0.15) is 0 Å². The molecule has 18 heavy (non-hydrogen) atoms. The summed E-state index contributed by atoms with van der Waals surface area (Å²) in [5.41, 5.74) is 8.27. The predicted molar refractivity (Wildman–Crippen MR) is 85.0 cm³/mol. The Balaban J connectivity index is 2.26. The van der Waals surface area contributed by atoms with Gasteiger partial charge < -0.3 is 10.6 Å². The number of nitrogen functional groups attached to an aromatic ring is 1. The molecule has 0 saturated carbocycles. The Morgan fingerprint density at radius 3 is 2.39 bits per heavy atom. The van der Waals surface area contributed by atoms with Crippen LogP contribution in [0.1, 0.15) is 5.56 Å². The summed E-state index contributed by atoms with van der Waals surface area (Å²) >= 11 is 17.5. The van der Waals surface area contributed by atoms with E-state index < -0.39 is 0 Å². The SMILES string of the molecule is CN(Cc1csc(Br)c1)c1c(Cl)cc(N)cc1Cl. The first kappa shape index (κ1) is 14.0. The molecule has 1 heterocycles. The van der Waals surface area contributed by atoms with Crippen molar-refractivity contribution in [2.75, 3.05) is 17.7 Å². The molecule has 1 aromatic carbocycles. The second-order valence-electron chi connectivity index (χ2n) is 3.95. The van der Waals surface area contributed by atoms with Crippen molar-refractivity contribution in [3.05, 3.63) is 43.0 Å². The molecule has 0 bridgehead atoms. The lowest BCUT2D eigenvalue weighted by Gasteiger charge is -2.21. The number of hydrogen-bond donors (Lipinski definition) is 1. The minimum Gasteiger partial charge on any atom is -0.399 e. The number of nitrogens with zero attached hydrogens (tertiary/aromatic N) is 1. The summed E-state index contributed by atoms with van der Waals surface area (Å²) in [6, 6.07) is 5.51. The summed E-state index contributed by atoms with van der Waals surface area (Å²) in [6.45, 7) is 0.742. The molecule has 2 nitrogen and oxygen atoms in total. The van der Waals surface area contributed by atoms with Crippen LogP contribution in [0.5, 0.6) is 0 Å². The number of benzene rings is 1. The van der Waals surface area contributed by atoms with Crippen LogP contribution in [0.4, 0.5) is 11.4 Å². The molecule has 96 valence electrons. The van der Waals surface area contributed by atoms with Gasteiger partial charge in [0.05, 0.1) is 19.5 Å². The molecule has 0 spiro atoms. The van der Waals surface area contributed by atoms with Crippen LogP contribution in [0.2, 0.25) is 10.0 Å². The Morgan fingerprint density at radius 1 is 1.28 bits per heavy atom. The lowest BCUT2D eigenvalue weighted by Crippen LogP contribution is -2.17. The lowest BCUT2D eigenvalue weighted by atomic mass is 10.2. The van der Waals surface area contributed by atoms with Crippen molar-refractivity contribution in [3.63, 3.8) is 0 Å². The van der Waals surface area contributed by atoms with Gasteiger partial charge in [0.15, 0.2) is 0 Å². The smallest absolute Gasteiger partial charge is 0.0746 e. The Hall–Kier alpha value is -0.420. The molecule has 0 atom stereocenters. The van der Waals surface area contributed by atoms with Crippen LogP contribution in [0.3, 0.4) is 0 Å². The summed E-state index contributed by atoms with van der Waals surface area (Å²) in [7, 11) is 1.95. The van der Waals surface area contributed by atoms with Gasteiger partial charge in [0, 0.05) is 19.3 Å². The van der Waals surface area contributed by atoms with Gasteiger partial charge in [-0.05, 0) is 45.1 Å². The van der Waals surface area contributed by atoms with E-state index in [-0.39, 0.29) is 0 Å². The average molecular weight is 366 g/mol. The minimum absolute atomic E-state index is 0.566. The molecule has 0 amide bonds. The molecule has 0 aliphatic heterocycles. The van der Waals surface area contributed by atoms with E-state index in [1.165, 1.54) is 5.56 Å². The van der Waals surface area contributed by atoms with Gasteiger partial charge in [-0.15, -0.1) is 11.3 Å². The molecular formula is C12H11BrCl2N2S. The first-order chi connectivity index (χ1) is 8.47. The molecule has 2 rings (SSSR count). The number of anilines is 2. The lowest BCUT2D eigenvalue weighted by molar-refractivity contribution is 0.928. The van der Waals surface area contributed by atoms with Gasteiger partial charge in [-0.25, -0.2) is 0 Å². The van der Waals surface area contributed by atoms with Gasteiger partial charge in [0.1, 0.15) is 0 Å². The van der Waals surface area contributed by atoms with Gasteiger partial charge in [-0.3, -0.25) is 0 Å². The van der Waals surface area contributed by atoms with Crippen LogP contribution in [0.15, 0.2) is 27.4 Å². The van der Waals surface area contributed by atoms with E-state index in [0.717, 1.165) is 16.0 Å². The number of rotatable bonds is 3. The van der Waals surface area contributed by atoms with E-state index in [1.807, 2.05) is 11.9 Å². The van der Waals surface area contributed by atoms with Crippen LogP contribution in [0, 0.1) is 0 Å². The Labute approximate surface area is 128 Å². The standard InChI is InChI=1S/C12H11BrCl2N2S/c1-17(5-7-2-11(13)18-6-7)12-9(14)3-8(16)4-10(12)15/h2-4,6H,5,16H2,1H3. The van der Waals surface area contributed by atoms with Crippen LogP contribution >= 0.6 is 50.5 Å². The maximum absolute atomic E-state index is 6.19. The van der Waals surface area contributed by atoms with Crippen LogP contribution in [-0.2, 0) is 6.54 Å². The zero-order chi connectivity index (χ0) is 13.3. The molecule has 0 unspecified atom stereocenters. The second-order valence-corrected chi connectivity index (χ2v) is 7.05. The van der Waals surface area contributed by atoms with E-state index >= 15 is 0 Å². The fourth-order valence-electron chi connectivity index (χ4n) is 1.73. The molecule has 1 aromatic heterocycles. The number of hydrogen-bond acceptors (Lipinski definition) is 3. The van der Waals surface area contributed by atoms with Gasteiger partial charge in [0.25, 0.3) is 0 Å². The largest absolute Gasteiger partial charge is 0.399 e. The van der Waals surface area contributed by atoms with Crippen molar-refractivity contribution in [1.82, 2.24) is 0 Å². The fraction of sp³-hybridized carbons (Fsp3) is 0.167. The highest BCUT2D eigenvalue weighted by molar-refractivity contribution is 9.11. The highest BCUT2D eigenvalue weighted by Gasteiger charge is 2.13. The summed E-state index contributed by atoms with van der Waals surface area (Å²) in [4.78, 5) is 2.01. The molecule has 2 aromatic rings. The van der Waals surface area contributed by atoms with E-state index in [9.17, 15) is 0 Å². The third-order valence-electron chi connectivity index (χ3n) is 2.46. The third-order valence-corrected chi connectivity index (χ3v) is 4.59. The summed E-state index contributed by atoms with van der Waals surface area (Å²) in [6.07, 6.45) is 0. The first-order valence-corrected chi connectivity index (χ1v) is 7.59. The van der Waals surface area contributed by atoms with Crippen LogP contribution < -0.4 is 10.6 Å². The molecule has 0 radical (unpaired) electrons. The van der Waals surface area contributed by atoms with E-state index in [1.54, 1.807) is 23.5 Å². The fourth-order valence-corrected chi connectivity index (χ4v) is 3.72. The second kappa shape index (κ2) is 5.70. The molecule has 0 fully saturated rings. The molecule has 0 aliphatic rings. The molecule has 0 aliphatic carbocycles. The molecular weight excluding hydrogens is 355 g/mol. The Morgan fingerprint density at radius 2 is 1.89 bits per heavy atom. The topological polar surface area (TPSA) is 29.3 Å². The van der Waals surface area contributed by atoms with E-state index in [0.29, 0.717) is 15.7 Å². The summed E-state index contributed by atoms with van der Waals surface area (Å²) in [5.74, 6) is 0. The van der Waals surface area contributed by atoms with Crippen LogP contribution in [-0.4, -0.2) is 7.05 Å². The number of halogens is 3.